The van der Waals surface area contributed by atoms with Gasteiger partial charge in [0.15, 0.2) is 0 Å². The Labute approximate surface area is 126 Å². The Morgan fingerprint density at radius 1 is 1.57 bits per heavy atom. The third kappa shape index (κ3) is 2.99. The van der Waals surface area contributed by atoms with Crippen molar-refractivity contribution in [3.8, 4) is 0 Å². The number of amides is 1. The average Bonchev–Trinajstić information content (AvgIpc) is 2.86. The van der Waals surface area contributed by atoms with Gasteiger partial charge in [0.05, 0.1) is 17.6 Å². The van der Waals surface area contributed by atoms with Gasteiger partial charge in [-0.2, -0.15) is 12.6 Å². The molecule has 1 aromatic rings. The molecule has 0 spiro atoms. The number of carbonyl (C=O) groups is 2. The second kappa shape index (κ2) is 6.13. The fourth-order valence-corrected chi connectivity index (χ4v) is 2.52. The topological polar surface area (TPSA) is 89.8 Å². The highest BCUT2D eigenvalue weighted by molar-refractivity contribution is 7.80. The highest BCUT2D eigenvalue weighted by Crippen LogP contribution is 2.34. The third-order valence-electron chi connectivity index (χ3n) is 3.35. The molecule has 1 atom stereocenters. The van der Waals surface area contributed by atoms with Crippen LogP contribution in [0.5, 0.6) is 0 Å². The van der Waals surface area contributed by atoms with E-state index < -0.39 is 10.9 Å². The zero-order chi connectivity index (χ0) is 15.6. The first-order chi connectivity index (χ1) is 9.97. The van der Waals surface area contributed by atoms with Crippen LogP contribution in [0.3, 0.4) is 0 Å². The van der Waals surface area contributed by atoms with Gasteiger partial charge < -0.3 is 9.64 Å². The molecule has 21 heavy (non-hydrogen) atoms. The van der Waals surface area contributed by atoms with Gasteiger partial charge in [-0.3, -0.25) is 14.9 Å². The molecule has 1 aromatic carbocycles. The van der Waals surface area contributed by atoms with E-state index in [2.05, 4.69) is 17.4 Å². The van der Waals surface area contributed by atoms with Gasteiger partial charge in [0, 0.05) is 19.0 Å². The van der Waals surface area contributed by atoms with Crippen molar-refractivity contribution >= 4 is 35.9 Å². The van der Waals surface area contributed by atoms with Crippen molar-refractivity contribution in [2.24, 2.45) is 5.92 Å². The summed E-state index contributed by atoms with van der Waals surface area (Å²) in [7, 11) is 1.20. The number of nitro groups is 1. The van der Waals surface area contributed by atoms with E-state index in [0.717, 1.165) is 6.07 Å². The van der Waals surface area contributed by atoms with Crippen LogP contribution < -0.4 is 4.90 Å². The Kier molecular flexibility index (Phi) is 4.46. The van der Waals surface area contributed by atoms with Gasteiger partial charge in [-0.1, -0.05) is 0 Å². The number of thiol groups is 1. The minimum Gasteiger partial charge on any atom is -0.465 e. The molecule has 2 rings (SSSR count). The molecule has 1 aliphatic heterocycles. The molecule has 1 unspecified atom stereocenters. The summed E-state index contributed by atoms with van der Waals surface area (Å²) >= 11 is 4.16. The smallest absolute Gasteiger partial charge is 0.338 e. The van der Waals surface area contributed by atoms with Crippen LogP contribution in [-0.4, -0.2) is 36.2 Å². The van der Waals surface area contributed by atoms with Gasteiger partial charge in [-0.15, -0.1) is 0 Å². The number of nitro benzene ring substituents is 1. The maximum atomic E-state index is 12.0. The molecule has 1 saturated heterocycles. The highest BCUT2D eigenvalue weighted by Gasteiger charge is 2.33. The first-order valence-electron chi connectivity index (χ1n) is 6.26. The maximum Gasteiger partial charge on any atom is 0.338 e. The normalized spacial score (nSPS) is 17.9. The first kappa shape index (κ1) is 15.3. The van der Waals surface area contributed by atoms with Crippen LogP contribution >= 0.6 is 12.6 Å². The van der Waals surface area contributed by atoms with E-state index in [0.29, 0.717) is 18.7 Å². The van der Waals surface area contributed by atoms with Crippen LogP contribution in [0.15, 0.2) is 18.2 Å². The fourth-order valence-electron chi connectivity index (χ4n) is 2.28. The quantitative estimate of drug-likeness (QED) is 0.395. The second-order valence-corrected chi connectivity index (χ2v) is 5.07. The second-order valence-electron chi connectivity index (χ2n) is 4.71. The predicted molar refractivity (Wildman–Crippen MR) is 78.7 cm³/mol. The van der Waals surface area contributed by atoms with Gasteiger partial charge in [-0.05, 0) is 23.8 Å². The minimum absolute atomic E-state index is 0.0701. The van der Waals surface area contributed by atoms with Crippen molar-refractivity contribution in [2.45, 2.75) is 6.42 Å². The van der Waals surface area contributed by atoms with Crippen LogP contribution in [0.2, 0.25) is 0 Å². The van der Waals surface area contributed by atoms with Crippen molar-refractivity contribution in [1.29, 1.82) is 0 Å². The molecule has 0 N–H and O–H groups in total. The molecular weight excluding hydrogens is 296 g/mol. The van der Waals surface area contributed by atoms with E-state index in [4.69, 9.17) is 0 Å². The molecule has 7 nitrogen and oxygen atoms in total. The Morgan fingerprint density at radius 2 is 2.29 bits per heavy atom. The Bertz CT molecular complexity index is 604. The van der Waals surface area contributed by atoms with E-state index >= 15 is 0 Å². The summed E-state index contributed by atoms with van der Waals surface area (Å²) in [5.41, 5.74) is -0.0154. The average molecular weight is 310 g/mol. The lowest BCUT2D eigenvalue weighted by Gasteiger charge is -2.16. The largest absolute Gasteiger partial charge is 0.465 e. The molecule has 8 heteroatoms. The van der Waals surface area contributed by atoms with Crippen LogP contribution in [0.1, 0.15) is 16.8 Å². The predicted octanol–water partition coefficient (Wildman–Crippen LogP) is 1.66. The summed E-state index contributed by atoms with van der Waals surface area (Å²) in [5.74, 6) is -0.231. The number of hydrogen-bond acceptors (Lipinski definition) is 6. The van der Waals surface area contributed by atoms with Crippen LogP contribution in [0.25, 0.3) is 0 Å². The van der Waals surface area contributed by atoms with Gasteiger partial charge in [0.2, 0.25) is 5.91 Å². The van der Waals surface area contributed by atoms with Crippen molar-refractivity contribution < 1.29 is 19.2 Å². The maximum absolute atomic E-state index is 12.0. The lowest BCUT2D eigenvalue weighted by molar-refractivity contribution is -0.384. The zero-order valence-electron chi connectivity index (χ0n) is 11.3. The molecule has 0 bridgehead atoms. The van der Waals surface area contributed by atoms with Crippen LogP contribution in [0.4, 0.5) is 11.4 Å². The van der Waals surface area contributed by atoms with Gasteiger partial charge in [0.25, 0.3) is 5.69 Å². The number of rotatable bonds is 4. The molecule has 0 saturated carbocycles. The highest BCUT2D eigenvalue weighted by atomic mass is 32.1. The van der Waals surface area contributed by atoms with Gasteiger partial charge in [-0.25, -0.2) is 4.79 Å². The minimum atomic E-state index is -0.661. The van der Waals surface area contributed by atoms with Gasteiger partial charge in [0.1, 0.15) is 5.69 Å². The first-order valence-corrected chi connectivity index (χ1v) is 6.89. The van der Waals surface area contributed by atoms with E-state index in [1.165, 1.54) is 24.1 Å². The zero-order valence-corrected chi connectivity index (χ0v) is 12.2. The molecule has 1 fully saturated rings. The van der Waals surface area contributed by atoms with E-state index in [1.54, 1.807) is 0 Å². The van der Waals surface area contributed by atoms with Crippen molar-refractivity contribution in [3.05, 3.63) is 33.9 Å². The number of methoxy groups -OCH3 is 1. The molecule has 0 aliphatic carbocycles. The third-order valence-corrected chi connectivity index (χ3v) is 3.86. The molecule has 112 valence electrons. The summed E-state index contributed by atoms with van der Waals surface area (Å²) in [6.45, 7) is 0.390. The summed E-state index contributed by atoms with van der Waals surface area (Å²) in [5, 5.41) is 11.2. The van der Waals surface area contributed by atoms with E-state index in [-0.39, 0.29) is 28.8 Å². The lowest BCUT2D eigenvalue weighted by Crippen LogP contribution is -2.25. The number of hydrogen-bond donors (Lipinski definition) is 1. The number of benzene rings is 1. The molecule has 1 aliphatic rings. The summed E-state index contributed by atoms with van der Waals surface area (Å²) in [6, 6.07) is 3.95. The number of nitrogens with zero attached hydrogens (tertiary/aromatic N) is 2. The number of esters is 1. The van der Waals surface area contributed by atoms with Crippen molar-refractivity contribution in [3.63, 3.8) is 0 Å². The van der Waals surface area contributed by atoms with E-state index in [9.17, 15) is 19.7 Å². The number of ether oxygens (including phenoxy) is 1. The molecule has 0 aromatic heterocycles. The Balaban J connectivity index is 2.42. The summed E-state index contributed by atoms with van der Waals surface area (Å²) in [4.78, 5) is 35.4. The SMILES string of the molecule is COC(=O)c1ccc(N2CC(CS)CC2=O)c([N+](=O)[O-])c1. The van der Waals surface area contributed by atoms with Crippen LogP contribution in [0, 0.1) is 16.0 Å². The fraction of sp³-hybridized carbons (Fsp3) is 0.385. The van der Waals surface area contributed by atoms with E-state index in [1.807, 2.05) is 0 Å². The monoisotopic (exact) mass is 310 g/mol. The molecule has 1 amide bonds. The van der Waals surface area contributed by atoms with Crippen molar-refractivity contribution in [2.75, 3.05) is 24.3 Å². The van der Waals surface area contributed by atoms with Crippen molar-refractivity contribution in [1.82, 2.24) is 0 Å². The molecule has 0 radical (unpaired) electrons. The summed E-state index contributed by atoms with van der Waals surface area (Å²) < 4.78 is 4.54. The molecule has 1 heterocycles. The Morgan fingerprint density at radius 3 is 2.81 bits per heavy atom. The number of carbonyl (C=O) groups excluding carboxylic acids is 2. The summed E-state index contributed by atoms with van der Waals surface area (Å²) in [6.07, 6.45) is 0.319. The van der Waals surface area contributed by atoms with Gasteiger partial charge >= 0.3 is 5.97 Å². The lowest BCUT2D eigenvalue weighted by atomic mass is 10.1. The molecular formula is C13H14N2O5S. The number of anilines is 1. The standard InChI is InChI=1S/C13H14N2O5S/c1-20-13(17)9-2-3-10(11(5-9)15(18)19)14-6-8(7-21)4-12(14)16/h2-3,5,8,21H,4,6-7H2,1H3. The Hall–Kier alpha value is -2.09. The van der Waals surface area contributed by atoms with Crippen LogP contribution in [-0.2, 0) is 9.53 Å².